The van der Waals surface area contributed by atoms with Gasteiger partial charge in [0.25, 0.3) is 0 Å². The van der Waals surface area contributed by atoms with Gasteiger partial charge in [-0.2, -0.15) is 0 Å². The van der Waals surface area contributed by atoms with Crippen LogP contribution < -0.4 is 0 Å². The number of rotatable bonds is 6. The molecule has 0 bridgehead atoms. The zero-order valence-corrected chi connectivity index (χ0v) is 30.2. The van der Waals surface area contributed by atoms with E-state index in [-0.39, 0.29) is 0 Å². The third-order valence-corrected chi connectivity index (χ3v) is 10.6. The second-order valence-corrected chi connectivity index (χ2v) is 14.0. The van der Waals surface area contributed by atoms with Crippen molar-refractivity contribution in [3.63, 3.8) is 0 Å². The molecule has 7 aromatic carbocycles. The lowest BCUT2D eigenvalue weighted by Crippen LogP contribution is -2.00. The average Bonchev–Trinajstić information content (AvgIpc) is 3.79. The Morgan fingerprint density at radius 1 is 0.304 bits per heavy atom. The van der Waals surface area contributed by atoms with Gasteiger partial charge in [0.2, 0.25) is 0 Å². The van der Waals surface area contributed by atoms with E-state index < -0.39 is 0 Å². The minimum absolute atomic E-state index is 0.614. The molecule has 11 rings (SSSR count). The second kappa shape index (κ2) is 13.0. The summed E-state index contributed by atoms with van der Waals surface area (Å²) in [6.07, 6.45) is 1.87. The maximum Gasteiger partial charge on any atom is 0.164 e. The molecule has 0 saturated carbocycles. The number of benzene rings is 7. The van der Waals surface area contributed by atoms with E-state index in [1.807, 2.05) is 48.7 Å². The first-order valence-electron chi connectivity index (χ1n) is 18.7. The number of pyridine rings is 1. The Balaban J connectivity index is 1.13. The first kappa shape index (κ1) is 31.8. The Morgan fingerprint density at radius 2 is 0.857 bits per heavy atom. The molecule has 4 heterocycles. The molecular weight excluding hydrogens is 685 g/mol. The molecule has 6 heteroatoms. The van der Waals surface area contributed by atoms with Crippen LogP contribution in [0.15, 0.2) is 194 Å². The summed E-state index contributed by atoms with van der Waals surface area (Å²) in [5, 5.41) is 4.62. The van der Waals surface area contributed by atoms with Gasteiger partial charge in [-0.25, -0.2) is 19.9 Å². The zero-order valence-electron chi connectivity index (χ0n) is 30.2. The Bertz CT molecular complexity index is 3190. The summed E-state index contributed by atoms with van der Waals surface area (Å²) in [6, 6.07) is 65.5. The molecular formula is C50H32N6. The van der Waals surface area contributed by atoms with Crippen molar-refractivity contribution in [1.29, 1.82) is 0 Å². The largest absolute Gasteiger partial charge is 0.309 e. The third kappa shape index (κ3) is 5.27. The predicted molar refractivity (Wildman–Crippen MR) is 228 cm³/mol. The molecule has 0 N–H and O–H groups in total. The molecule has 0 radical (unpaired) electrons. The molecule has 11 aromatic rings. The molecule has 0 unspecified atom stereocenters. The summed E-state index contributed by atoms with van der Waals surface area (Å²) in [5.41, 5.74) is 11.4. The molecule has 0 aliphatic carbocycles. The molecule has 0 aliphatic heterocycles. The van der Waals surface area contributed by atoms with E-state index in [9.17, 15) is 0 Å². The highest BCUT2D eigenvalue weighted by Crippen LogP contribution is 2.38. The highest BCUT2D eigenvalue weighted by atomic mass is 15.1. The SMILES string of the molecule is c1ccc(-c2cccc(-c3nc(-c4ccccc4)nc(-c4ccc5c6ccc(-n7c8ccccc8c8cccnc87)cc6n(-c6ccccc6)c5c4)n3)c2)cc1. The number of para-hydroxylation sites is 2. The van der Waals surface area contributed by atoms with Gasteiger partial charge in [-0.15, -0.1) is 0 Å². The van der Waals surface area contributed by atoms with Crippen molar-refractivity contribution in [2.75, 3.05) is 0 Å². The number of nitrogens with zero attached hydrogens (tertiary/aromatic N) is 6. The molecule has 0 amide bonds. The van der Waals surface area contributed by atoms with E-state index in [4.69, 9.17) is 19.9 Å². The van der Waals surface area contributed by atoms with Gasteiger partial charge in [0, 0.05) is 55.8 Å². The van der Waals surface area contributed by atoms with Gasteiger partial charge in [-0.1, -0.05) is 133 Å². The standard InChI is InChI=1S/C50H32N6/c1-4-14-33(15-5-1)35-18-12-19-36(30-35)48-52-47(34-16-6-2-7-17-34)53-49(54-48)37-25-27-41-42-28-26-39(32-46(42)55(45(41)31-37)38-20-8-3-9-21-38)56-44-24-11-10-22-40(44)43-23-13-29-51-50(43)56/h1-32H. The highest BCUT2D eigenvalue weighted by Gasteiger charge is 2.19. The lowest BCUT2D eigenvalue weighted by Gasteiger charge is -2.11. The van der Waals surface area contributed by atoms with Crippen LogP contribution in [0, 0.1) is 0 Å². The third-order valence-electron chi connectivity index (χ3n) is 10.6. The second-order valence-electron chi connectivity index (χ2n) is 14.0. The number of hydrogen-bond acceptors (Lipinski definition) is 4. The van der Waals surface area contributed by atoms with E-state index >= 15 is 0 Å². The number of hydrogen-bond donors (Lipinski definition) is 0. The van der Waals surface area contributed by atoms with Crippen LogP contribution in [-0.4, -0.2) is 29.1 Å². The quantitative estimate of drug-likeness (QED) is 0.172. The van der Waals surface area contributed by atoms with E-state index in [0.29, 0.717) is 17.5 Å². The monoisotopic (exact) mass is 716 g/mol. The van der Waals surface area contributed by atoms with Crippen molar-refractivity contribution in [2.45, 2.75) is 0 Å². The summed E-state index contributed by atoms with van der Waals surface area (Å²) < 4.78 is 4.62. The van der Waals surface area contributed by atoms with Crippen LogP contribution in [0.25, 0.3) is 100 Å². The number of aromatic nitrogens is 6. The van der Waals surface area contributed by atoms with Crippen LogP contribution in [0.3, 0.4) is 0 Å². The van der Waals surface area contributed by atoms with Crippen LogP contribution in [0.1, 0.15) is 0 Å². The maximum absolute atomic E-state index is 5.16. The molecule has 0 aliphatic rings. The van der Waals surface area contributed by atoms with Gasteiger partial charge in [0.05, 0.1) is 16.6 Å². The molecule has 6 nitrogen and oxygen atoms in total. The first-order valence-corrected chi connectivity index (χ1v) is 18.7. The van der Waals surface area contributed by atoms with Crippen molar-refractivity contribution in [3.8, 4) is 56.7 Å². The molecule has 0 saturated heterocycles. The molecule has 0 fully saturated rings. The topological polar surface area (TPSA) is 61.4 Å². The van der Waals surface area contributed by atoms with Crippen molar-refractivity contribution < 1.29 is 0 Å². The fraction of sp³-hybridized carbons (Fsp3) is 0. The summed E-state index contributed by atoms with van der Waals surface area (Å²) >= 11 is 0. The van der Waals surface area contributed by atoms with Crippen LogP contribution in [-0.2, 0) is 0 Å². The van der Waals surface area contributed by atoms with Crippen LogP contribution in [0.4, 0.5) is 0 Å². The van der Waals surface area contributed by atoms with E-state index in [0.717, 1.165) is 77.5 Å². The summed E-state index contributed by atoms with van der Waals surface area (Å²) in [5.74, 6) is 1.87. The summed E-state index contributed by atoms with van der Waals surface area (Å²) in [6.45, 7) is 0. The van der Waals surface area contributed by atoms with E-state index in [1.165, 1.54) is 5.39 Å². The zero-order chi connectivity index (χ0) is 37.0. The fourth-order valence-corrected chi connectivity index (χ4v) is 8.02. The minimum Gasteiger partial charge on any atom is -0.309 e. The summed E-state index contributed by atoms with van der Waals surface area (Å²) in [7, 11) is 0. The molecule has 56 heavy (non-hydrogen) atoms. The first-order chi connectivity index (χ1) is 27.8. The van der Waals surface area contributed by atoms with Crippen molar-refractivity contribution in [2.24, 2.45) is 0 Å². The van der Waals surface area contributed by atoms with Gasteiger partial charge in [0.15, 0.2) is 17.5 Å². The van der Waals surface area contributed by atoms with Crippen LogP contribution in [0.5, 0.6) is 0 Å². The van der Waals surface area contributed by atoms with Gasteiger partial charge in [-0.05, 0) is 65.7 Å². The van der Waals surface area contributed by atoms with Gasteiger partial charge < -0.3 is 4.57 Å². The smallest absolute Gasteiger partial charge is 0.164 e. The fourth-order valence-electron chi connectivity index (χ4n) is 8.02. The van der Waals surface area contributed by atoms with Gasteiger partial charge in [0.1, 0.15) is 5.65 Å². The predicted octanol–water partition coefficient (Wildman–Crippen LogP) is 12.1. The Labute approximate surface area is 322 Å². The van der Waals surface area contributed by atoms with Crippen LogP contribution >= 0.6 is 0 Å². The molecule has 4 aromatic heterocycles. The van der Waals surface area contributed by atoms with Crippen molar-refractivity contribution >= 4 is 43.7 Å². The van der Waals surface area contributed by atoms with Gasteiger partial charge >= 0.3 is 0 Å². The number of fused-ring (bicyclic) bond motifs is 6. The average molecular weight is 717 g/mol. The van der Waals surface area contributed by atoms with Crippen molar-refractivity contribution in [1.82, 2.24) is 29.1 Å². The van der Waals surface area contributed by atoms with Crippen LogP contribution in [0.2, 0.25) is 0 Å². The Kier molecular flexibility index (Phi) is 7.38. The molecule has 0 spiro atoms. The van der Waals surface area contributed by atoms with Gasteiger partial charge in [-0.3, -0.25) is 4.57 Å². The van der Waals surface area contributed by atoms with Crippen molar-refractivity contribution in [3.05, 3.63) is 194 Å². The van der Waals surface area contributed by atoms with E-state index in [1.54, 1.807) is 0 Å². The highest BCUT2D eigenvalue weighted by molar-refractivity contribution is 6.12. The van der Waals surface area contributed by atoms with E-state index in [2.05, 4.69) is 155 Å². The lowest BCUT2D eigenvalue weighted by molar-refractivity contribution is 1.07. The molecule has 0 atom stereocenters. The molecule has 262 valence electrons. The summed E-state index contributed by atoms with van der Waals surface area (Å²) in [4.78, 5) is 20.2. The lowest BCUT2D eigenvalue weighted by atomic mass is 10.0. The normalized spacial score (nSPS) is 11.6. The Hall–Kier alpha value is -7.70. The maximum atomic E-state index is 5.16. The minimum atomic E-state index is 0.614. The Morgan fingerprint density at radius 3 is 1.62 bits per heavy atom.